The number of allylic oxidation sites excluding steroid dienone is 1. The SMILES string of the molecule is C1=Cc2c(c3ccccc3n2-c2ccc(-c3cc(-c4ccc(-c5nc6ccc(-c7ccccc7)cc6c6c5oc5ccccc56)cc4)nc(-c4ccccc4)n3)cc2)CC1. The van der Waals surface area contributed by atoms with Crippen molar-refractivity contribution >= 4 is 49.8 Å². The smallest absolute Gasteiger partial charge is 0.162 e. The highest BCUT2D eigenvalue weighted by atomic mass is 16.3. The van der Waals surface area contributed by atoms with E-state index in [0.29, 0.717) is 5.82 Å². The molecule has 4 aromatic heterocycles. The fraction of sp³-hybridized carbons (Fsp3) is 0.0364. The summed E-state index contributed by atoms with van der Waals surface area (Å²) < 4.78 is 9.02. The quantitative estimate of drug-likeness (QED) is 0.169. The molecule has 11 aromatic rings. The van der Waals surface area contributed by atoms with Crippen LogP contribution in [0.1, 0.15) is 17.7 Å². The molecule has 5 heteroatoms. The number of rotatable bonds is 6. The third-order valence-electron chi connectivity index (χ3n) is 11.9. The van der Waals surface area contributed by atoms with Crippen molar-refractivity contribution in [2.24, 2.45) is 0 Å². The van der Waals surface area contributed by atoms with Gasteiger partial charge in [0.15, 0.2) is 11.4 Å². The van der Waals surface area contributed by atoms with E-state index < -0.39 is 0 Å². The van der Waals surface area contributed by atoms with Crippen molar-refractivity contribution in [2.75, 3.05) is 0 Å². The van der Waals surface area contributed by atoms with Crippen LogP contribution in [0.25, 0.3) is 112 Å². The third kappa shape index (κ3) is 5.66. The minimum Gasteiger partial charge on any atom is -0.454 e. The van der Waals surface area contributed by atoms with Gasteiger partial charge >= 0.3 is 0 Å². The summed E-state index contributed by atoms with van der Waals surface area (Å²) in [5.41, 5.74) is 16.4. The summed E-state index contributed by atoms with van der Waals surface area (Å²) in [4.78, 5) is 15.5. The fourth-order valence-corrected chi connectivity index (χ4v) is 9.00. The summed E-state index contributed by atoms with van der Waals surface area (Å²) in [6.07, 6.45) is 6.69. The van der Waals surface area contributed by atoms with Crippen molar-refractivity contribution in [3.05, 3.63) is 199 Å². The molecule has 0 radical (unpaired) electrons. The molecule has 1 aliphatic rings. The molecule has 0 N–H and O–H groups in total. The van der Waals surface area contributed by atoms with Crippen molar-refractivity contribution in [2.45, 2.75) is 12.8 Å². The van der Waals surface area contributed by atoms with Gasteiger partial charge in [0.25, 0.3) is 0 Å². The molecular weight excluding hydrogens is 733 g/mol. The molecule has 0 saturated heterocycles. The number of aromatic nitrogens is 4. The highest BCUT2D eigenvalue weighted by molar-refractivity contribution is 6.21. The largest absolute Gasteiger partial charge is 0.454 e. The Morgan fingerprint density at radius 3 is 1.88 bits per heavy atom. The second kappa shape index (κ2) is 13.9. The van der Waals surface area contributed by atoms with Crippen molar-refractivity contribution in [3.8, 4) is 62.0 Å². The second-order valence-electron chi connectivity index (χ2n) is 15.5. The zero-order valence-electron chi connectivity index (χ0n) is 32.6. The van der Waals surface area contributed by atoms with E-state index in [1.165, 1.54) is 27.7 Å². The summed E-state index contributed by atoms with van der Waals surface area (Å²) >= 11 is 0. The zero-order chi connectivity index (χ0) is 39.6. The molecule has 5 nitrogen and oxygen atoms in total. The number of aryl methyl sites for hydroxylation is 1. The molecule has 0 bridgehead atoms. The maximum absolute atomic E-state index is 6.63. The van der Waals surface area contributed by atoms with E-state index >= 15 is 0 Å². The van der Waals surface area contributed by atoms with E-state index in [2.05, 4.69) is 162 Å². The first-order valence-electron chi connectivity index (χ1n) is 20.5. The van der Waals surface area contributed by atoms with E-state index in [4.69, 9.17) is 19.4 Å². The first-order valence-corrected chi connectivity index (χ1v) is 20.5. The molecule has 0 amide bonds. The van der Waals surface area contributed by atoms with Gasteiger partial charge in [0.05, 0.1) is 22.4 Å². The summed E-state index contributed by atoms with van der Waals surface area (Å²) in [5.74, 6) is 0.682. The minimum absolute atomic E-state index is 0.682. The summed E-state index contributed by atoms with van der Waals surface area (Å²) in [6.45, 7) is 0. The standard InChI is InChI=1S/C55H36N4O/c1-3-13-35(14-4-1)40-29-32-46-45(33-40)52-44-19-9-12-22-51(44)60-54(52)53(56-46)38-25-23-36(24-26-38)47-34-48(58-55(57-47)39-15-5-2-6-16-39)37-27-30-41(31-28-37)59-49-20-10-7-17-42(49)43-18-8-11-21-50(43)59/h1-7,9-17,19-34H,8,18H2. The van der Waals surface area contributed by atoms with Crippen molar-refractivity contribution in [3.63, 3.8) is 0 Å². The summed E-state index contributed by atoms with van der Waals surface area (Å²) in [6, 6.07) is 63.6. The molecule has 7 aromatic carbocycles. The Balaban J connectivity index is 0.952. The normalized spacial score (nSPS) is 12.5. The van der Waals surface area contributed by atoms with Gasteiger partial charge in [-0.1, -0.05) is 146 Å². The van der Waals surface area contributed by atoms with Crippen LogP contribution in [-0.4, -0.2) is 19.5 Å². The van der Waals surface area contributed by atoms with Crippen LogP contribution in [0.3, 0.4) is 0 Å². The number of fused-ring (bicyclic) bond motifs is 8. The van der Waals surface area contributed by atoms with Crippen molar-refractivity contribution < 1.29 is 4.42 Å². The fourth-order valence-electron chi connectivity index (χ4n) is 9.00. The van der Waals surface area contributed by atoms with Crippen LogP contribution in [0.4, 0.5) is 0 Å². The number of nitrogens with zero attached hydrogens (tertiary/aromatic N) is 4. The van der Waals surface area contributed by atoms with E-state index in [9.17, 15) is 0 Å². The van der Waals surface area contributed by atoms with Gasteiger partial charge in [-0.15, -0.1) is 0 Å². The molecule has 0 unspecified atom stereocenters. The number of pyridine rings is 1. The van der Waals surface area contributed by atoms with Crippen LogP contribution in [0.5, 0.6) is 0 Å². The average molecular weight is 769 g/mol. The van der Waals surface area contributed by atoms with Gasteiger partial charge < -0.3 is 8.98 Å². The molecule has 12 rings (SSSR count). The molecular formula is C55H36N4O. The van der Waals surface area contributed by atoms with Crippen LogP contribution in [0.2, 0.25) is 0 Å². The van der Waals surface area contributed by atoms with E-state index in [1.807, 2.05) is 36.4 Å². The molecule has 4 heterocycles. The number of para-hydroxylation sites is 2. The molecule has 0 fully saturated rings. The Kier molecular flexibility index (Phi) is 7.91. The van der Waals surface area contributed by atoms with Crippen LogP contribution in [0.15, 0.2) is 192 Å². The van der Waals surface area contributed by atoms with Crippen LogP contribution in [-0.2, 0) is 6.42 Å². The van der Waals surface area contributed by atoms with Gasteiger partial charge in [-0.25, -0.2) is 15.0 Å². The summed E-state index contributed by atoms with van der Waals surface area (Å²) in [7, 11) is 0. The summed E-state index contributed by atoms with van der Waals surface area (Å²) in [5, 5.41) is 4.56. The minimum atomic E-state index is 0.682. The Bertz CT molecular complexity index is 3450. The van der Waals surface area contributed by atoms with Crippen molar-refractivity contribution in [1.29, 1.82) is 0 Å². The lowest BCUT2D eigenvalue weighted by Crippen LogP contribution is -2.00. The second-order valence-corrected chi connectivity index (χ2v) is 15.5. The number of benzene rings is 7. The number of hydrogen-bond acceptors (Lipinski definition) is 4. The Labute approximate surface area is 346 Å². The lowest BCUT2D eigenvalue weighted by molar-refractivity contribution is 0.669. The molecule has 0 spiro atoms. The van der Waals surface area contributed by atoms with E-state index in [-0.39, 0.29) is 0 Å². The number of furan rings is 1. The monoisotopic (exact) mass is 768 g/mol. The molecule has 60 heavy (non-hydrogen) atoms. The van der Waals surface area contributed by atoms with Gasteiger partial charge in [-0.05, 0) is 78.1 Å². The van der Waals surface area contributed by atoms with Crippen LogP contribution >= 0.6 is 0 Å². The highest BCUT2D eigenvalue weighted by Crippen LogP contribution is 2.41. The third-order valence-corrected chi connectivity index (χ3v) is 11.9. The predicted octanol–water partition coefficient (Wildman–Crippen LogP) is 14.2. The predicted molar refractivity (Wildman–Crippen MR) is 246 cm³/mol. The van der Waals surface area contributed by atoms with Gasteiger partial charge in [-0.2, -0.15) is 0 Å². The maximum Gasteiger partial charge on any atom is 0.162 e. The maximum atomic E-state index is 6.63. The molecule has 0 saturated carbocycles. The van der Waals surface area contributed by atoms with Crippen LogP contribution < -0.4 is 0 Å². The molecule has 0 atom stereocenters. The molecule has 0 aliphatic heterocycles. The van der Waals surface area contributed by atoms with E-state index in [1.54, 1.807) is 0 Å². The van der Waals surface area contributed by atoms with Gasteiger partial charge in [0.2, 0.25) is 0 Å². The topological polar surface area (TPSA) is 56.7 Å². The Morgan fingerprint density at radius 1 is 0.483 bits per heavy atom. The van der Waals surface area contributed by atoms with Gasteiger partial charge in [0.1, 0.15) is 11.3 Å². The lowest BCUT2D eigenvalue weighted by Gasteiger charge is -2.13. The van der Waals surface area contributed by atoms with E-state index in [0.717, 1.165) is 96.3 Å². The van der Waals surface area contributed by atoms with Gasteiger partial charge in [-0.3, -0.25) is 0 Å². The number of hydrogen-bond donors (Lipinski definition) is 0. The van der Waals surface area contributed by atoms with Crippen LogP contribution in [0, 0.1) is 0 Å². The average Bonchev–Trinajstić information content (AvgIpc) is 3.89. The Morgan fingerprint density at radius 2 is 1.12 bits per heavy atom. The van der Waals surface area contributed by atoms with Crippen molar-refractivity contribution in [1.82, 2.24) is 19.5 Å². The highest BCUT2D eigenvalue weighted by Gasteiger charge is 2.21. The molecule has 1 aliphatic carbocycles. The molecule has 282 valence electrons. The first kappa shape index (κ1) is 34.2. The van der Waals surface area contributed by atoms with Gasteiger partial charge in [0, 0.05) is 55.2 Å². The zero-order valence-corrected chi connectivity index (χ0v) is 32.6. The lowest BCUT2D eigenvalue weighted by atomic mass is 9.98. The first-order chi connectivity index (χ1) is 29.7. The Hall–Kier alpha value is -7.89.